The van der Waals surface area contributed by atoms with Crippen molar-refractivity contribution in [3.63, 3.8) is 0 Å². The van der Waals surface area contributed by atoms with Crippen LogP contribution in [0.15, 0.2) is 85.1 Å². The molecule has 0 spiro atoms. The van der Waals surface area contributed by atoms with E-state index < -0.39 is 60.2 Å². The van der Waals surface area contributed by atoms with Crippen molar-refractivity contribution in [1.82, 2.24) is 20.9 Å². The average Bonchev–Trinajstić information content (AvgIpc) is 3.43. The fourth-order valence-electron chi connectivity index (χ4n) is 4.99. The summed E-state index contributed by atoms with van der Waals surface area (Å²) in [5.41, 5.74) is 14.4. The van der Waals surface area contributed by atoms with Crippen molar-refractivity contribution in [2.75, 3.05) is 0 Å². The number of H-pyrrole nitrogens is 1. The van der Waals surface area contributed by atoms with Crippen molar-refractivity contribution in [1.29, 1.82) is 0 Å². The van der Waals surface area contributed by atoms with Crippen LogP contribution in [0.25, 0.3) is 10.9 Å². The minimum Gasteiger partial charge on any atom is -0.508 e. The van der Waals surface area contributed by atoms with Crippen molar-refractivity contribution in [3.8, 4) is 5.75 Å². The van der Waals surface area contributed by atoms with Gasteiger partial charge < -0.3 is 42.6 Å². The number of aromatic hydroxyl groups is 1. The van der Waals surface area contributed by atoms with Gasteiger partial charge in [0.15, 0.2) is 0 Å². The second kappa shape index (κ2) is 15.3. The summed E-state index contributed by atoms with van der Waals surface area (Å²) < 4.78 is 0. The minimum absolute atomic E-state index is 0.0178. The fraction of sp³-hybridized carbons (Fsp3) is 0.242. The van der Waals surface area contributed by atoms with Crippen LogP contribution in [0.3, 0.4) is 0 Å². The van der Waals surface area contributed by atoms with Gasteiger partial charge in [-0.15, -0.1) is 0 Å². The Morgan fingerprint density at radius 3 is 1.85 bits per heavy atom. The van der Waals surface area contributed by atoms with Crippen LogP contribution in [0.2, 0.25) is 0 Å². The van der Waals surface area contributed by atoms with Crippen LogP contribution in [0.5, 0.6) is 5.75 Å². The number of fused-ring (bicyclic) bond motifs is 1. The Morgan fingerprint density at radius 1 is 0.696 bits per heavy atom. The van der Waals surface area contributed by atoms with Crippen LogP contribution in [0.1, 0.15) is 23.1 Å². The molecule has 0 fully saturated rings. The molecule has 1 aromatic heterocycles. The molecule has 0 aliphatic carbocycles. The highest BCUT2D eigenvalue weighted by atomic mass is 16.4. The molecule has 4 aromatic rings. The third-order valence-electron chi connectivity index (χ3n) is 7.40. The predicted molar refractivity (Wildman–Crippen MR) is 169 cm³/mol. The van der Waals surface area contributed by atoms with Gasteiger partial charge in [0.05, 0.1) is 12.5 Å². The highest BCUT2D eigenvalue weighted by Gasteiger charge is 2.31. The van der Waals surface area contributed by atoms with Gasteiger partial charge in [-0.25, -0.2) is 4.79 Å². The van der Waals surface area contributed by atoms with E-state index in [1.807, 2.05) is 24.3 Å². The number of aliphatic carboxylic acids is 1. The lowest BCUT2D eigenvalue weighted by Crippen LogP contribution is -2.58. The summed E-state index contributed by atoms with van der Waals surface area (Å²) in [5.74, 6) is -4.65. The predicted octanol–water partition coefficient (Wildman–Crippen LogP) is 0.643. The highest BCUT2D eigenvalue weighted by molar-refractivity contribution is 5.95. The first-order chi connectivity index (χ1) is 22.0. The number of nitrogens with two attached hydrogens (primary N) is 2. The summed E-state index contributed by atoms with van der Waals surface area (Å²) in [4.78, 5) is 66.7. The van der Waals surface area contributed by atoms with E-state index in [2.05, 4.69) is 20.9 Å². The zero-order valence-corrected chi connectivity index (χ0v) is 24.8. The summed E-state index contributed by atoms with van der Waals surface area (Å²) in [6.07, 6.45) is 1.26. The van der Waals surface area contributed by atoms with Crippen LogP contribution < -0.4 is 27.4 Å². The molecule has 3 aromatic carbocycles. The van der Waals surface area contributed by atoms with Crippen molar-refractivity contribution in [3.05, 3.63) is 102 Å². The van der Waals surface area contributed by atoms with Crippen LogP contribution >= 0.6 is 0 Å². The normalized spacial score (nSPS) is 13.6. The molecule has 240 valence electrons. The first-order valence-electron chi connectivity index (χ1n) is 14.5. The van der Waals surface area contributed by atoms with E-state index in [1.165, 1.54) is 24.3 Å². The smallest absolute Gasteiger partial charge is 0.326 e. The van der Waals surface area contributed by atoms with E-state index >= 15 is 0 Å². The molecule has 0 aliphatic heterocycles. The van der Waals surface area contributed by atoms with Crippen LogP contribution in [-0.4, -0.2) is 69.0 Å². The van der Waals surface area contributed by atoms with E-state index in [-0.39, 0.29) is 25.0 Å². The van der Waals surface area contributed by atoms with Crippen LogP contribution in [0.4, 0.5) is 0 Å². The number of nitrogens with one attached hydrogen (secondary N) is 4. The number of aromatic amines is 1. The van der Waals surface area contributed by atoms with Gasteiger partial charge >= 0.3 is 5.97 Å². The number of benzene rings is 3. The first kappa shape index (κ1) is 33.2. The number of primary amides is 1. The first-order valence-corrected chi connectivity index (χ1v) is 14.5. The summed E-state index contributed by atoms with van der Waals surface area (Å²) in [6.45, 7) is 0. The third kappa shape index (κ3) is 9.16. The summed E-state index contributed by atoms with van der Waals surface area (Å²) >= 11 is 0. The molecule has 4 unspecified atom stereocenters. The number of carbonyl (C=O) groups excluding carboxylic acids is 4. The molecule has 13 heteroatoms. The maximum Gasteiger partial charge on any atom is 0.326 e. The van der Waals surface area contributed by atoms with E-state index in [9.17, 15) is 34.2 Å². The Kier molecular flexibility index (Phi) is 11.1. The third-order valence-corrected chi connectivity index (χ3v) is 7.40. The molecule has 0 bridgehead atoms. The van der Waals surface area contributed by atoms with Gasteiger partial charge in [-0.05, 0) is 41.3 Å². The second-order valence-corrected chi connectivity index (χ2v) is 10.9. The largest absolute Gasteiger partial charge is 0.508 e. The molecule has 0 radical (unpaired) electrons. The molecule has 46 heavy (non-hydrogen) atoms. The molecule has 4 atom stereocenters. The van der Waals surface area contributed by atoms with E-state index in [1.54, 1.807) is 36.5 Å². The summed E-state index contributed by atoms with van der Waals surface area (Å²) in [6, 6.07) is 17.2. The Hall–Kier alpha value is -5.69. The SMILES string of the molecule is NC(=O)CC(NC(=O)C(Cc1ccc(O)cc1)NC(=O)C(Cc1ccccc1)NC(=O)C(N)Cc1c[nH]c2ccccc12)C(=O)O. The van der Waals surface area contributed by atoms with Gasteiger partial charge in [0.1, 0.15) is 23.9 Å². The molecule has 0 saturated carbocycles. The topological polar surface area (TPSA) is 230 Å². The Bertz CT molecular complexity index is 1690. The number of aromatic nitrogens is 1. The number of hydrogen-bond acceptors (Lipinski definition) is 7. The summed E-state index contributed by atoms with van der Waals surface area (Å²) in [5, 5.41) is 27.7. The quantitative estimate of drug-likeness (QED) is 0.0929. The minimum atomic E-state index is -1.63. The number of carbonyl (C=O) groups is 5. The maximum absolute atomic E-state index is 13.8. The molecule has 10 N–H and O–H groups in total. The van der Waals surface area contributed by atoms with Gasteiger partial charge in [-0.3, -0.25) is 19.2 Å². The lowest BCUT2D eigenvalue weighted by atomic mass is 10.0. The average molecular weight is 629 g/mol. The molecular weight excluding hydrogens is 592 g/mol. The van der Waals surface area contributed by atoms with Gasteiger partial charge in [-0.2, -0.15) is 0 Å². The Morgan fingerprint density at radius 2 is 1.24 bits per heavy atom. The Balaban J connectivity index is 1.55. The van der Waals surface area contributed by atoms with Gasteiger partial charge in [0, 0.05) is 29.9 Å². The number of amides is 4. The lowest BCUT2D eigenvalue weighted by molar-refractivity contribution is -0.143. The number of para-hydroxylation sites is 1. The molecular formula is C33H36N6O7. The van der Waals surface area contributed by atoms with E-state index in [4.69, 9.17) is 11.5 Å². The standard InChI is InChI=1S/C33H36N6O7/c34-24(16-21-18-36-25-9-5-4-8-23(21)25)30(42)37-26(14-19-6-2-1-3-7-19)31(43)38-27(15-20-10-12-22(40)13-11-20)32(44)39-28(33(45)46)17-29(35)41/h1-13,18,24,26-28,36,40H,14-17,34H2,(H2,35,41)(H,37,42)(H,38,43)(H,39,44)(H,45,46). The molecule has 0 aliphatic rings. The van der Waals surface area contributed by atoms with Crippen molar-refractivity contribution in [2.45, 2.75) is 49.9 Å². The molecule has 4 rings (SSSR count). The number of carboxylic acids is 1. The van der Waals surface area contributed by atoms with Crippen LogP contribution in [-0.2, 0) is 43.2 Å². The van der Waals surface area contributed by atoms with Crippen molar-refractivity contribution in [2.24, 2.45) is 11.5 Å². The van der Waals surface area contributed by atoms with Crippen LogP contribution in [0, 0.1) is 0 Å². The number of carboxylic acid groups (broad SMARTS) is 1. The molecule has 1 heterocycles. The maximum atomic E-state index is 13.8. The van der Waals surface area contributed by atoms with Crippen molar-refractivity contribution < 1.29 is 34.2 Å². The van der Waals surface area contributed by atoms with E-state index in [0.717, 1.165) is 22.0 Å². The molecule has 0 saturated heterocycles. The zero-order valence-electron chi connectivity index (χ0n) is 24.8. The highest BCUT2D eigenvalue weighted by Crippen LogP contribution is 2.19. The van der Waals surface area contributed by atoms with Crippen molar-refractivity contribution >= 4 is 40.5 Å². The van der Waals surface area contributed by atoms with Gasteiger partial charge in [0.2, 0.25) is 23.6 Å². The molecule has 13 nitrogen and oxygen atoms in total. The fourth-order valence-corrected chi connectivity index (χ4v) is 4.99. The number of rotatable bonds is 15. The van der Waals surface area contributed by atoms with Gasteiger partial charge in [0.25, 0.3) is 0 Å². The Labute approximate surface area is 264 Å². The number of phenolic OH excluding ortho intramolecular Hbond substituents is 1. The second-order valence-electron chi connectivity index (χ2n) is 10.9. The monoisotopic (exact) mass is 628 g/mol. The zero-order chi connectivity index (χ0) is 33.2. The summed E-state index contributed by atoms with van der Waals surface area (Å²) in [7, 11) is 0. The lowest BCUT2D eigenvalue weighted by Gasteiger charge is -2.25. The van der Waals surface area contributed by atoms with Gasteiger partial charge in [-0.1, -0.05) is 60.7 Å². The molecule has 4 amide bonds. The number of phenols is 1. The number of hydrogen-bond donors (Lipinski definition) is 8. The van der Waals surface area contributed by atoms with E-state index in [0.29, 0.717) is 5.56 Å².